The van der Waals surface area contributed by atoms with Crippen molar-refractivity contribution in [1.82, 2.24) is 10.2 Å². The normalized spacial score (nSPS) is 35.7. The number of amides is 2. The van der Waals surface area contributed by atoms with E-state index in [1.807, 2.05) is 11.9 Å². The zero-order chi connectivity index (χ0) is 13.8. The van der Waals surface area contributed by atoms with Crippen molar-refractivity contribution in [3.05, 3.63) is 0 Å². The molecule has 0 heterocycles. The van der Waals surface area contributed by atoms with E-state index in [1.165, 1.54) is 19.3 Å². The number of nitrogens with one attached hydrogen (secondary N) is 1. The summed E-state index contributed by atoms with van der Waals surface area (Å²) in [6.07, 6.45) is 8.18. The van der Waals surface area contributed by atoms with Crippen LogP contribution in [0, 0.1) is 5.92 Å². The van der Waals surface area contributed by atoms with Crippen LogP contribution in [-0.2, 0) is 0 Å². The maximum atomic E-state index is 12.3. The molecule has 2 atom stereocenters. The lowest BCUT2D eigenvalue weighted by atomic mass is 9.85. The molecule has 0 spiro atoms. The van der Waals surface area contributed by atoms with E-state index in [-0.39, 0.29) is 18.2 Å². The van der Waals surface area contributed by atoms with Gasteiger partial charge >= 0.3 is 6.03 Å². The number of hydrogen-bond donors (Lipinski definition) is 2. The van der Waals surface area contributed by atoms with Crippen LogP contribution < -0.4 is 5.32 Å². The summed E-state index contributed by atoms with van der Waals surface area (Å²) < 4.78 is 0. The summed E-state index contributed by atoms with van der Waals surface area (Å²) in [5, 5.41) is 12.6. The number of carbonyl (C=O) groups excluding carboxylic acids is 1. The molecule has 0 aromatic carbocycles. The summed E-state index contributed by atoms with van der Waals surface area (Å²) in [6.45, 7) is 2.25. The van der Waals surface area contributed by atoms with E-state index in [0.717, 1.165) is 32.1 Å². The van der Waals surface area contributed by atoms with Crippen molar-refractivity contribution >= 4 is 6.03 Å². The lowest BCUT2D eigenvalue weighted by Gasteiger charge is -2.37. The average molecular weight is 268 g/mol. The fourth-order valence-electron chi connectivity index (χ4n) is 3.52. The summed E-state index contributed by atoms with van der Waals surface area (Å²) in [6, 6.07) is 0.709. The van der Waals surface area contributed by atoms with Crippen molar-refractivity contribution in [2.45, 2.75) is 76.5 Å². The van der Waals surface area contributed by atoms with Crippen LogP contribution in [0.15, 0.2) is 0 Å². The minimum absolute atomic E-state index is 0.0696. The quantitative estimate of drug-likeness (QED) is 0.808. The van der Waals surface area contributed by atoms with Crippen molar-refractivity contribution < 1.29 is 9.90 Å². The molecule has 2 amide bonds. The number of aliphatic hydroxyl groups excluding tert-OH is 1. The van der Waals surface area contributed by atoms with Gasteiger partial charge in [-0.25, -0.2) is 4.79 Å². The molecule has 0 aromatic heterocycles. The fourth-order valence-corrected chi connectivity index (χ4v) is 3.52. The summed E-state index contributed by atoms with van der Waals surface area (Å²) >= 11 is 0. The van der Waals surface area contributed by atoms with Gasteiger partial charge in [0, 0.05) is 19.1 Å². The molecule has 0 aliphatic heterocycles. The molecule has 110 valence electrons. The molecule has 2 N–H and O–H groups in total. The number of urea groups is 1. The van der Waals surface area contributed by atoms with Crippen LogP contribution in [0.3, 0.4) is 0 Å². The van der Waals surface area contributed by atoms with E-state index < -0.39 is 0 Å². The van der Waals surface area contributed by atoms with Crippen LogP contribution in [0.2, 0.25) is 0 Å². The topological polar surface area (TPSA) is 52.6 Å². The Labute approximate surface area is 116 Å². The van der Waals surface area contributed by atoms with Gasteiger partial charge in [-0.2, -0.15) is 0 Å². The largest absolute Gasteiger partial charge is 0.393 e. The van der Waals surface area contributed by atoms with Crippen LogP contribution in [0.5, 0.6) is 0 Å². The van der Waals surface area contributed by atoms with Gasteiger partial charge in [0.1, 0.15) is 0 Å². The Bertz CT molecular complexity index is 301. The smallest absolute Gasteiger partial charge is 0.317 e. The van der Waals surface area contributed by atoms with Gasteiger partial charge in [0.05, 0.1) is 6.10 Å². The Kier molecular flexibility index (Phi) is 5.08. The van der Waals surface area contributed by atoms with E-state index in [2.05, 4.69) is 12.2 Å². The van der Waals surface area contributed by atoms with E-state index >= 15 is 0 Å². The molecule has 0 radical (unpaired) electrons. The Morgan fingerprint density at radius 2 is 1.74 bits per heavy atom. The predicted octanol–water partition coefficient (Wildman–Crippen LogP) is 2.51. The van der Waals surface area contributed by atoms with Gasteiger partial charge in [0.25, 0.3) is 0 Å². The van der Waals surface area contributed by atoms with Crippen molar-refractivity contribution in [2.24, 2.45) is 5.92 Å². The van der Waals surface area contributed by atoms with Gasteiger partial charge in [0.2, 0.25) is 0 Å². The molecular formula is C15H28N2O2. The van der Waals surface area contributed by atoms with Gasteiger partial charge < -0.3 is 15.3 Å². The monoisotopic (exact) mass is 268 g/mol. The third-order valence-corrected chi connectivity index (χ3v) is 4.91. The first-order chi connectivity index (χ1) is 9.08. The maximum absolute atomic E-state index is 12.3. The van der Waals surface area contributed by atoms with Gasteiger partial charge in [-0.05, 0) is 44.4 Å². The van der Waals surface area contributed by atoms with Gasteiger partial charge in [-0.3, -0.25) is 0 Å². The number of hydrogen-bond acceptors (Lipinski definition) is 2. The Morgan fingerprint density at radius 3 is 2.37 bits per heavy atom. The van der Waals surface area contributed by atoms with E-state index in [9.17, 15) is 9.90 Å². The second-order valence-corrected chi connectivity index (χ2v) is 6.39. The molecule has 2 aliphatic carbocycles. The van der Waals surface area contributed by atoms with Gasteiger partial charge in [-0.15, -0.1) is 0 Å². The SMILES string of the molecule is CC1CCCCC1N(C)C(=O)NC1CCC(O)CC1. The molecule has 0 saturated heterocycles. The molecule has 19 heavy (non-hydrogen) atoms. The third-order valence-electron chi connectivity index (χ3n) is 4.91. The predicted molar refractivity (Wildman–Crippen MR) is 76.0 cm³/mol. The second-order valence-electron chi connectivity index (χ2n) is 6.39. The number of nitrogens with zero attached hydrogens (tertiary/aromatic N) is 1. The maximum Gasteiger partial charge on any atom is 0.317 e. The first kappa shape index (κ1) is 14.6. The third kappa shape index (κ3) is 3.85. The molecule has 0 bridgehead atoms. The highest BCUT2D eigenvalue weighted by Gasteiger charge is 2.29. The van der Waals surface area contributed by atoms with Crippen molar-refractivity contribution in [1.29, 1.82) is 0 Å². The Hall–Kier alpha value is -0.770. The Balaban J connectivity index is 1.81. The highest BCUT2D eigenvalue weighted by Crippen LogP contribution is 2.27. The van der Waals surface area contributed by atoms with E-state index in [1.54, 1.807) is 0 Å². The summed E-state index contributed by atoms with van der Waals surface area (Å²) in [7, 11) is 1.93. The van der Waals surface area contributed by atoms with Crippen LogP contribution in [0.25, 0.3) is 0 Å². The molecule has 2 aliphatic rings. The fraction of sp³-hybridized carbons (Fsp3) is 0.933. The molecule has 2 rings (SSSR count). The zero-order valence-electron chi connectivity index (χ0n) is 12.3. The minimum atomic E-state index is -0.163. The molecule has 4 nitrogen and oxygen atoms in total. The molecule has 0 aromatic rings. The standard InChI is InChI=1S/C15H28N2O2/c1-11-5-3-4-6-14(11)17(2)15(19)16-12-7-9-13(18)10-8-12/h11-14,18H,3-10H2,1-2H3,(H,16,19). The summed E-state index contributed by atoms with van der Waals surface area (Å²) in [4.78, 5) is 14.2. The molecule has 2 saturated carbocycles. The van der Waals surface area contributed by atoms with E-state index in [0.29, 0.717) is 12.0 Å². The van der Waals surface area contributed by atoms with Crippen LogP contribution in [0.1, 0.15) is 58.3 Å². The van der Waals surface area contributed by atoms with Crippen LogP contribution in [-0.4, -0.2) is 41.3 Å². The molecule has 2 fully saturated rings. The molecule has 4 heteroatoms. The second kappa shape index (κ2) is 6.60. The number of aliphatic hydroxyl groups is 1. The lowest BCUT2D eigenvalue weighted by Crippen LogP contribution is -2.50. The van der Waals surface area contributed by atoms with Crippen LogP contribution >= 0.6 is 0 Å². The van der Waals surface area contributed by atoms with Crippen molar-refractivity contribution in [2.75, 3.05) is 7.05 Å². The minimum Gasteiger partial charge on any atom is -0.393 e. The van der Waals surface area contributed by atoms with Crippen molar-refractivity contribution in [3.8, 4) is 0 Å². The summed E-state index contributed by atoms with van der Waals surface area (Å²) in [5.41, 5.74) is 0. The molecular weight excluding hydrogens is 240 g/mol. The number of rotatable bonds is 2. The number of carbonyl (C=O) groups is 1. The zero-order valence-corrected chi connectivity index (χ0v) is 12.3. The highest BCUT2D eigenvalue weighted by atomic mass is 16.3. The van der Waals surface area contributed by atoms with E-state index in [4.69, 9.17) is 0 Å². The van der Waals surface area contributed by atoms with Gasteiger partial charge in [-0.1, -0.05) is 19.8 Å². The first-order valence-corrected chi connectivity index (χ1v) is 7.79. The van der Waals surface area contributed by atoms with Gasteiger partial charge in [0.15, 0.2) is 0 Å². The Morgan fingerprint density at radius 1 is 1.11 bits per heavy atom. The van der Waals surface area contributed by atoms with Crippen LogP contribution in [0.4, 0.5) is 4.79 Å². The highest BCUT2D eigenvalue weighted by molar-refractivity contribution is 5.74. The lowest BCUT2D eigenvalue weighted by molar-refractivity contribution is 0.110. The van der Waals surface area contributed by atoms with Crippen molar-refractivity contribution in [3.63, 3.8) is 0 Å². The summed E-state index contributed by atoms with van der Waals surface area (Å²) in [5.74, 6) is 0.609. The molecule has 2 unspecified atom stereocenters. The average Bonchev–Trinajstić information content (AvgIpc) is 2.41. The first-order valence-electron chi connectivity index (χ1n) is 7.79.